The number of piperazine rings is 1. The molecule has 3 heterocycles. The zero-order valence-electron chi connectivity index (χ0n) is 14.8. The number of hydrogen-bond acceptors (Lipinski definition) is 7. The standard InChI is InChI=1S/C19H22N6O/c1-24-8-10-25(11-9-24)17-12-16(6-7-21-17)19-22-18(23-26-19)15-4-2-14(13-20)3-5-15/h2-7,12H,8-11,13,20H2,1H3. The van der Waals surface area contributed by atoms with Crippen molar-refractivity contribution in [1.82, 2.24) is 20.0 Å². The number of aromatic nitrogens is 3. The van der Waals surface area contributed by atoms with Gasteiger partial charge in [0.15, 0.2) is 0 Å². The fourth-order valence-electron chi connectivity index (χ4n) is 3.01. The van der Waals surface area contributed by atoms with Crippen LogP contribution in [0.5, 0.6) is 0 Å². The fraction of sp³-hybridized carbons (Fsp3) is 0.316. The smallest absolute Gasteiger partial charge is 0.258 e. The van der Waals surface area contributed by atoms with Gasteiger partial charge in [-0.15, -0.1) is 0 Å². The van der Waals surface area contributed by atoms with Crippen LogP contribution in [0.2, 0.25) is 0 Å². The highest BCUT2D eigenvalue weighted by molar-refractivity contribution is 5.62. The third-order valence-corrected chi connectivity index (χ3v) is 4.69. The van der Waals surface area contributed by atoms with Crippen molar-refractivity contribution in [2.75, 3.05) is 38.1 Å². The molecule has 26 heavy (non-hydrogen) atoms. The molecule has 4 rings (SSSR count). The van der Waals surface area contributed by atoms with Gasteiger partial charge in [0, 0.05) is 50.0 Å². The van der Waals surface area contributed by atoms with Crippen molar-refractivity contribution >= 4 is 5.82 Å². The predicted octanol–water partition coefficient (Wildman–Crippen LogP) is 2.01. The number of nitrogens with two attached hydrogens (primary N) is 1. The second-order valence-electron chi connectivity index (χ2n) is 6.52. The van der Waals surface area contributed by atoms with Gasteiger partial charge < -0.3 is 20.1 Å². The first-order valence-corrected chi connectivity index (χ1v) is 8.76. The largest absolute Gasteiger partial charge is 0.354 e. The summed E-state index contributed by atoms with van der Waals surface area (Å²) in [5.74, 6) is 2.02. The van der Waals surface area contributed by atoms with E-state index in [9.17, 15) is 0 Å². The molecule has 0 radical (unpaired) electrons. The van der Waals surface area contributed by atoms with E-state index in [1.54, 1.807) is 6.20 Å². The van der Waals surface area contributed by atoms with Gasteiger partial charge in [0.25, 0.3) is 5.89 Å². The van der Waals surface area contributed by atoms with Gasteiger partial charge in [0.05, 0.1) is 0 Å². The van der Waals surface area contributed by atoms with E-state index in [-0.39, 0.29) is 0 Å². The highest BCUT2D eigenvalue weighted by atomic mass is 16.5. The SMILES string of the molecule is CN1CCN(c2cc(-c3nc(-c4ccc(CN)cc4)no3)ccn2)CC1. The van der Waals surface area contributed by atoms with E-state index < -0.39 is 0 Å². The Labute approximate surface area is 152 Å². The molecule has 1 aliphatic rings. The van der Waals surface area contributed by atoms with Crippen LogP contribution in [0.15, 0.2) is 47.1 Å². The molecule has 1 aromatic carbocycles. The third kappa shape index (κ3) is 3.44. The van der Waals surface area contributed by atoms with Crippen molar-refractivity contribution in [3.8, 4) is 22.8 Å². The molecule has 134 valence electrons. The lowest BCUT2D eigenvalue weighted by molar-refractivity contribution is 0.312. The van der Waals surface area contributed by atoms with E-state index in [1.807, 2.05) is 36.4 Å². The number of anilines is 1. The Balaban J connectivity index is 1.56. The molecule has 1 saturated heterocycles. The number of nitrogens with zero attached hydrogens (tertiary/aromatic N) is 5. The van der Waals surface area contributed by atoms with Crippen LogP contribution in [0.25, 0.3) is 22.8 Å². The summed E-state index contributed by atoms with van der Waals surface area (Å²) in [5, 5.41) is 4.11. The maximum Gasteiger partial charge on any atom is 0.258 e. The average Bonchev–Trinajstić information content (AvgIpc) is 3.19. The number of pyridine rings is 1. The second kappa shape index (κ2) is 7.23. The zero-order chi connectivity index (χ0) is 17.9. The minimum absolute atomic E-state index is 0.501. The molecule has 3 aromatic rings. The zero-order valence-corrected chi connectivity index (χ0v) is 14.8. The van der Waals surface area contributed by atoms with Crippen molar-refractivity contribution in [2.24, 2.45) is 5.73 Å². The Kier molecular flexibility index (Phi) is 4.64. The van der Waals surface area contributed by atoms with Crippen LogP contribution in [0, 0.1) is 0 Å². The molecule has 0 spiro atoms. The van der Waals surface area contributed by atoms with Gasteiger partial charge in [-0.1, -0.05) is 29.4 Å². The van der Waals surface area contributed by atoms with E-state index >= 15 is 0 Å². The molecular formula is C19H22N6O. The molecule has 0 amide bonds. The number of likely N-dealkylation sites (N-methyl/N-ethyl adjacent to an activating group) is 1. The van der Waals surface area contributed by atoms with Gasteiger partial charge >= 0.3 is 0 Å². The Bertz CT molecular complexity index is 868. The highest BCUT2D eigenvalue weighted by Gasteiger charge is 2.17. The summed E-state index contributed by atoms with van der Waals surface area (Å²) >= 11 is 0. The lowest BCUT2D eigenvalue weighted by atomic mass is 10.1. The van der Waals surface area contributed by atoms with Crippen LogP contribution >= 0.6 is 0 Å². The third-order valence-electron chi connectivity index (χ3n) is 4.69. The van der Waals surface area contributed by atoms with Crippen LogP contribution in [0.3, 0.4) is 0 Å². The first kappa shape index (κ1) is 16.7. The molecule has 7 heteroatoms. The van der Waals surface area contributed by atoms with Gasteiger partial charge in [-0.05, 0) is 24.7 Å². The monoisotopic (exact) mass is 350 g/mol. The Hall–Kier alpha value is -2.77. The van der Waals surface area contributed by atoms with Crippen molar-refractivity contribution in [2.45, 2.75) is 6.54 Å². The minimum atomic E-state index is 0.501. The van der Waals surface area contributed by atoms with E-state index in [0.717, 1.165) is 48.7 Å². The van der Waals surface area contributed by atoms with Gasteiger partial charge in [0.2, 0.25) is 5.82 Å². The quantitative estimate of drug-likeness (QED) is 0.770. The van der Waals surface area contributed by atoms with Gasteiger partial charge in [0.1, 0.15) is 5.82 Å². The van der Waals surface area contributed by atoms with Crippen molar-refractivity contribution in [3.05, 3.63) is 48.2 Å². The van der Waals surface area contributed by atoms with Crippen LogP contribution in [0.1, 0.15) is 5.56 Å². The maximum atomic E-state index is 5.64. The highest BCUT2D eigenvalue weighted by Crippen LogP contribution is 2.25. The summed E-state index contributed by atoms with van der Waals surface area (Å²) in [6.45, 7) is 4.53. The van der Waals surface area contributed by atoms with Crippen molar-refractivity contribution in [1.29, 1.82) is 0 Å². The molecule has 0 unspecified atom stereocenters. The van der Waals surface area contributed by atoms with Crippen LogP contribution in [-0.4, -0.2) is 53.3 Å². The first-order chi connectivity index (χ1) is 12.7. The van der Waals surface area contributed by atoms with Crippen LogP contribution < -0.4 is 10.6 Å². The van der Waals surface area contributed by atoms with E-state index in [4.69, 9.17) is 10.3 Å². The molecule has 1 fully saturated rings. The molecule has 2 N–H and O–H groups in total. The predicted molar refractivity (Wildman–Crippen MR) is 101 cm³/mol. The van der Waals surface area contributed by atoms with Gasteiger partial charge in [-0.3, -0.25) is 0 Å². The summed E-state index contributed by atoms with van der Waals surface area (Å²) in [4.78, 5) is 13.6. The van der Waals surface area contributed by atoms with Gasteiger partial charge in [-0.2, -0.15) is 4.98 Å². The molecule has 0 bridgehead atoms. The number of hydrogen-bond donors (Lipinski definition) is 1. The summed E-state index contributed by atoms with van der Waals surface area (Å²) in [5.41, 5.74) is 8.50. The second-order valence-corrected chi connectivity index (χ2v) is 6.52. The Morgan fingerprint density at radius 2 is 1.81 bits per heavy atom. The lowest BCUT2D eigenvalue weighted by Gasteiger charge is -2.33. The molecule has 0 atom stereocenters. The Morgan fingerprint density at radius 3 is 2.54 bits per heavy atom. The molecule has 0 aliphatic carbocycles. The topological polar surface area (TPSA) is 84.3 Å². The number of benzene rings is 1. The fourth-order valence-corrected chi connectivity index (χ4v) is 3.01. The minimum Gasteiger partial charge on any atom is -0.354 e. The summed E-state index contributed by atoms with van der Waals surface area (Å²) < 4.78 is 5.48. The van der Waals surface area contributed by atoms with E-state index in [0.29, 0.717) is 18.3 Å². The molecule has 2 aromatic heterocycles. The normalized spacial score (nSPS) is 15.4. The lowest BCUT2D eigenvalue weighted by Crippen LogP contribution is -2.44. The van der Waals surface area contributed by atoms with E-state index in [2.05, 4.69) is 32.0 Å². The summed E-state index contributed by atoms with van der Waals surface area (Å²) in [7, 11) is 2.14. The molecule has 7 nitrogen and oxygen atoms in total. The van der Waals surface area contributed by atoms with Gasteiger partial charge in [-0.25, -0.2) is 4.98 Å². The van der Waals surface area contributed by atoms with E-state index in [1.165, 1.54) is 0 Å². The molecule has 0 saturated carbocycles. The van der Waals surface area contributed by atoms with Crippen LogP contribution in [-0.2, 0) is 6.54 Å². The Morgan fingerprint density at radius 1 is 1.04 bits per heavy atom. The van der Waals surface area contributed by atoms with Crippen LogP contribution in [0.4, 0.5) is 5.82 Å². The molecule has 1 aliphatic heterocycles. The summed E-state index contributed by atoms with van der Waals surface area (Å²) in [6.07, 6.45) is 1.79. The average molecular weight is 350 g/mol. The first-order valence-electron chi connectivity index (χ1n) is 8.76. The van der Waals surface area contributed by atoms with Crippen molar-refractivity contribution < 1.29 is 4.52 Å². The summed E-state index contributed by atoms with van der Waals surface area (Å²) in [6, 6.07) is 11.8. The maximum absolute atomic E-state index is 5.64. The molecular weight excluding hydrogens is 328 g/mol. The number of rotatable bonds is 4. The van der Waals surface area contributed by atoms with Crippen molar-refractivity contribution in [3.63, 3.8) is 0 Å².